The van der Waals surface area contributed by atoms with Crippen molar-refractivity contribution in [1.82, 2.24) is 0 Å². The van der Waals surface area contributed by atoms with E-state index in [-0.39, 0.29) is 17.3 Å². The first-order chi connectivity index (χ1) is 8.17. The number of amides is 1. The lowest BCUT2D eigenvalue weighted by molar-refractivity contribution is -0.126. The van der Waals surface area contributed by atoms with Crippen molar-refractivity contribution < 1.29 is 13.6 Å². The van der Waals surface area contributed by atoms with Gasteiger partial charge in [0.05, 0.1) is 16.8 Å². The average Bonchev–Trinajstić information content (AvgIpc) is 2.33. The maximum absolute atomic E-state index is 13.8. The van der Waals surface area contributed by atoms with Gasteiger partial charge in [0.25, 0.3) is 0 Å². The summed E-state index contributed by atoms with van der Waals surface area (Å²) in [6.07, 6.45) is 0. The highest BCUT2D eigenvalue weighted by molar-refractivity contribution is 6.00. The number of carbonyl (C=O) groups is 1. The van der Waals surface area contributed by atoms with Crippen molar-refractivity contribution in [3.05, 3.63) is 23.8 Å². The average molecular weight is 254 g/mol. The molecular weight excluding hydrogens is 238 g/mol. The van der Waals surface area contributed by atoms with Gasteiger partial charge < -0.3 is 10.6 Å². The Hall–Kier alpha value is -1.65. The second-order valence-electron chi connectivity index (χ2n) is 5.61. The molecule has 98 valence electrons. The molecule has 0 unspecified atom stereocenters. The number of anilines is 2. The van der Waals surface area contributed by atoms with Gasteiger partial charge in [-0.2, -0.15) is 0 Å². The van der Waals surface area contributed by atoms with Crippen molar-refractivity contribution in [1.29, 1.82) is 0 Å². The third kappa shape index (κ3) is 1.65. The fraction of sp³-hybridized carbons (Fsp3) is 0.462. The van der Waals surface area contributed by atoms with Crippen molar-refractivity contribution >= 4 is 17.3 Å². The molecule has 5 heteroatoms. The van der Waals surface area contributed by atoms with E-state index < -0.39 is 22.6 Å². The number of hydrogen-bond acceptors (Lipinski definition) is 2. The Bertz CT molecular complexity index is 524. The number of fused-ring (bicyclic) bond motifs is 1. The lowest BCUT2D eigenvalue weighted by Gasteiger charge is -2.39. The number of carbonyl (C=O) groups excluding carboxylic acids is 1. The van der Waals surface area contributed by atoms with Gasteiger partial charge in [0.1, 0.15) is 0 Å². The van der Waals surface area contributed by atoms with E-state index >= 15 is 0 Å². The summed E-state index contributed by atoms with van der Waals surface area (Å²) in [5.41, 5.74) is -1.22. The first-order valence-electron chi connectivity index (χ1n) is 5.74. The van der Waals surface area contributed by atoms with Gasteiger partial charge in [0, 0.05) is 5.54 Å². The van der Waals surface area contributed by atoms with E-state index in [2.05, 4.69) is 10.6 Å². The summed E-state index contributed by atoms with van der Waals surface area (Å²) in [7, 11) is 0. The molecule has 0 atom stereocenters. The van der Waals surface area contributed by atoms with Gasteiger partial charge in [-0.15, -0.1) is 0 Å². The zero-order valence-electron chi connectivity index (χ0n) is 10.8. The molecule has 1 aliphatic rings. The van der Waals surface area contributed by atoms with E-state index in [9.17, 15) is 13.6 Å². The first kappa shape index (κ1) is 12.8. The van der Waals surface area contributed by atoms with Crippen molar-refractivity contribution in [3.63, 3.8) is 0 Å². The molecule has 1 aliphatic heterocycles. The zero-order valence-corrected chi connectivity index (χ0v) is 10.8. The molecule has 2 N–H and O–H groups in total. The van der Waals surface area contributed by atoms with Crippen LogP contribution in [0.2, 0.25) is 0 Å². The molecule has 0 bridgehead atoms. The normalized spacial score (nSPS) is 20.4. The second-order valence-corrected chi connectivity index (χ2v) is 5.61. The van der Waals surface area contributed by atoms with E-state index in [4.69, 9.17) is 0 Å². The SMILES string of the molecule is CC1(C)Nc2c(ccc(F)c2F)NC(=O)C1(C)C. The van der Waals surface area contributed by atoms with Crippen LogP contribution in [-0.2, 0) is 4.79 Å². The lowest BCUT2D eigenvalue weighted by atomic mass is 9.74. The van der Waals surface area contributed by atoms with Crippen LogP contribution in [0.5, 0.6) is 0 Å². The molecule has 0 saturated heterocycles. The Balaban J connectivity index is 2.63. The molecule has 1 heterocycles. The van der Waals surface area contributed by atoms with Crippen molar-refractivity contribution in [2.45, 2.75) is 33.2 Å². The minimum Gasteiger partial charge on any atom is -0.375 e. The van der Waals surface area contributed by atoms with Crippen LogP contribution in [0.3, 0.4) is 0 Å². The van der Waals surface area contributed by atoms with Crippen LogP contribution >= 0.6 is 0 Å². The number of halogens is 2. The number of benzene rings is 1. The van der Waals surface area contributed by atoms with E-state index in [1.165, 1.54) is 6.07 Å². The van der Waals surface area contributed by atoms with Crippen LogP contribution in [0.1, 0.15) is 27.7 Å². The molecule has 0 saturated carbocycles. The summed E-state index contributed by atoms with van der Waals surface area (Å²) >= 11 is 0. The van der Waals surface area contributed by atoms with Gasteiger partial charge in [-0.25, -0.2) is 8.78 Å². The summed E-state index contributed by atoms with van der Waals surface area (Å²) in [6, 6.07) is 2.36. The maximum atomic E-state index is 13.8. The quantitative estimate of drug-likeness (QED) is 0.746. The largest absolute Gasteiger partial charge is 0.375 e. The van der Waals surface area contributed by atoms with E-state index in [0.717, 1.165) is 6.07 Å². The Morgan fingerprint density at radius 1 is 1.11 bits per heavy atom. The Labute approximate surface area is 105 Å². The van der Waals surface area contributed by atoms with Crippen LogP contribution in [0.25, 0.3) is 0 Å². The predicted molar refractivity (Wildman–Crippen MR) is 66.5 cm³/mol. The highest BCUT2D eigenvalue weighted by Gasteiger charge is 2.46. The van der Waals surface area contributed by atoms with Crippen LogP contribution < -0.4 is 10.6 Å². The Kier molecular flexibility index (Phi) is 2.61. The minimum absolute atomic E-state index is 0.000995. The van der Waals surface area contributed by atoms with Crippen molar-refractivity contribution in [3.8, 4) is 0 Å². The molecule has 3 nitrogen and oxygen atoms in total. The van der Waals surface area contributed by atoms with E-state index in [1.807, 2.05) is 0 Å². The van der Waals surface area contributed by atoms with Gasteiger partial charge >= 0.3 is 0 Å². The number of rotatable bonds is 0. The molecule has 0 radical (unpaired) electrons. The molecule has 1 aromatic carbocycles. The van der Waals surface area contributed by atoms with Gasteiger partial charge in [0.2, 0.25) is 5.91 Å². The Morgan fingerprint density at radius 2 is 1.72 bits per heavy atom. The number of nitrogens with one attached hydrogen (secondary N) is 2. The lowest BCUT2D eigenvalue weighted by Crippen LogP contribution is -2.51. The third-order valence-electron chi connectivity index (χ3n) is 3.91. The molecule has 0 aromatic heterocycles. The highest BCUT2D eigenvalue weighted by atomic mass is 19.2. The van der Waals surface area contributed by atoms with Crippen LogP contribution in [-0.4, -0.2) is 11.4 Å². The van der Waals surface area contributed by atoms with Gasteiger partial charge in [-0.05, 0) is 39.8 Å². The van der Waals surface area contributed by atoms with Crippen molar-refractivity contribution in [2.75, 3.05) is 10.6 Å². The molecular formula is C13H16F2N2O. The van der Waals surface area contributed by atoms with Crippen LogP contribution in [0, 0.1) is 17.0 Å². The van der Waals surface area contributed by atoms with Gasteiger partial charge in [-0.3, -0.25) is 4.79 Å². The summed E-state index contributed by atoms with van der Waals surface area (Å²) in [5, 5.41) is 5.56. The second kappa shape index (κ2) is 3.67. The summed E-state index contributed by atoms with van der Waals surface area (Å²) < 4.78 is 27.1. The summed E-state index contributed by atoms with van der Waals surface area (Å²) in [6.45, 7) is 7.09. The molecule has 0 aliphatic carbocycles. The highest BCUT2D eigenvalue weighted by Crippen LogP contribution is 2.41. The van der Waals surface area contributed by atoms with Gasteiger partial charge in [-0.1, -0.05) is 0 Å². The number of hydrogen-bond donors (Lipinski definition) is 2. The van der Waals surface area contributed by atoms with Crippen LogP contribution in [0.4, 0.5) is 20.2 Å². The minimum atomic E-state index is -0.974. The maximum Gasteiger partial charge on any atom is 0.232 e. The molecule has 1 aromatic rings. The standard InChI is InChI=1S/C13H16F2N2O/c1-12(2)11(18)16-8-6-5-7(14)9(15)10(8)17-13(12,3)4/h5-6,17H,1-4H3,(H,16,18). The Morgan fingerprint density at radius 3 is 2.33 bits per heavy atom. The fourth-order valence-corrected chi connectivity index (χ4v) is 1.81. The predicted octanol–water partition coefficient (Wildman–Crippen LogP) is 3.13. The molecule has 18 heavy (non-hydrogen) atoms. The topological polar surface area (TPSA) is 41.1 Å². The van der Waals surface area contributed by atoms with E-state index in [0.29, 0.717) is 0 Å². The molecule has 1 amide bonds. The van der Waals surface area contributed by atoms with E-state index in [1.54, 1.807) is 27.7 Å². The summed E-state index contributed by atoms with van der Waals surface area (Å²) in [4.78, 5) is 12.1. The zero-order chi connectivity index (χ0) is 13.7. The molecule has 0 fully saturated rings. The van der Waals surface area contributed by atoms with Crippen LogP contribution in [0.15, 0.2) is 12.1 Å². The smallest absolute Gasteiger partial charge is 0.232 e. The van der Waals surface area contributed by atoms with Gasteiger partial charge in [0.15, 0.2) is 11.6 Å². The monoisotopic (exact) mass is 254 g/mol. The summed E-state index contributed by atoms with van der Waals surface area (Å²) in [5.74, 6) is -2.14. The molecule has 2 rings (SSSR count). The fourth-order valence-electron chi connectivity index (χ4n) is 1.81. The van der Waals surface area contributed by atoms with Crippen molar-refractivity contribution in [2.24, 2.45) is 5.41 Å². The first-order valence-corrected chi connectivity index (χ1v) is 5.74. The molecule has 0 spiro atoms. The third-order valence-corrected chi connectivity index (χ3v) is 3.91.